The van der Waals surface area contributed by atoms with E-state index < -0.39 is 18.4 Å². The molecule has 0 aliphatic carbocycles. The zero-order valence-corrected chi connectivity index (χ0v) is 12.6. The van der Waals surface area contributed by atoms with Gasteiger partial charge in [-0.2, -0.15) is 0 Å². The van der Waals surface area contributed by atoms with E-state index >= 15 is 0 Å². The number of amides is 3. The average Bonchev–Trinajstić information content (AvgIpc) is 2.50. The van der Waals surface area contributed by atoms with Crippen LogP contribution in [0.4, 0.5) is 11.4 Å². The first-order valence-corrected chi connectivity index (χ1v) is 7.03. The maximum atomic E-state index is 12.3. The van der Waals surface area contributed by atoms with Gasteiger partial charge in [0.05, 0.1) is 11.4 Å². The smallest absolute Gasteiger partial charge is 0.323 e. The van der Waals surface area contributed by atoms with Crippen LogP contribution in [-0.4, -0.2) is 53.8 Å². The number of nitrogens with zero attached hydrogens (tertiary/aromatic N) is 2. The van der Waals surface area contributed by atoms with Crippen molar-refractivity contribution in [3.63, 3.8) is 0 Å². The summed E-state index contributed by atoms with van der Waals surface area (Å²) in [5, 5.41) is 11.3. The second-order valence-electron chi connectivity index (χ2n) is 5.19. The van der Waals surface area contributed by atoms with Gasteiger partial charge in [-0.15, -0.1) is 0 Å². The number of carbonyl (C=O) groups excluding carboxylic acids is 3. The number of para-hydroxylation sites is 2. The molecule has 2 N–H and O–H groups in total. The lowest BCUT2D eigenvalue weighted by atomic mass is 10.1. The predicted octanol–water partition coefficient (Wildman–Crippen LogP) is 0.295. The zero-order valence-electron chi connectivity index (χ0n) is 12.6. The van der Waals surface area contributed by atoms with E-state index in [4.69, 9.17) is 5.11 Å². The third kappa shape index (κ3) is 4.06. The molecule has 0 aromatic heterocycles. The van der Waals surface area contributed by atoms with Gasteiger partial charge in [0.1, 0.15) is 13.1 Å². The van der Waals surface area contributed by atoms with Crippen LogP contribution in [0.1, 0.15) is 12.8 Å². The molecule has 0 fully saturated rings. The molecule has 1 aromatic carbocycles. The van der Waals surface area contributed by atoms with Crippen LogP contribution in [0.5, 0.6) is 0 Å². The quantitative estimate of drug-likeness (QED) is 0.811. The van der Waals surface area contributed by atoms with E-state index in [0.717, 1.165) is 4.90 Å². The van der Waals surface area contributed by atoms with Crippen LogP contribution in [0.3, 0.4) is 0 Å². The molecule has 3 amide bonds. The van der Waals surface area contributed by atoms with Crippen LogP contribution in [0.2, 0.25) is 0 Å². The van der Waals surface area contributed by atoms with Crippen molar-refractivity contribution < 1.29 is 24.3 Å². The maximum absolute atomic E-state index is 12.3. The van der Waals surface area contributed by atoms with Crippen LogP contribution >= 0.6 is 0 Å². The molecule has 122 valence electrons. The number of likely N-dealkylation sites (N-methyl/N-ethyl adjacent to an activating group) is 1. The van der Waals surface area contributed by atoms with E-state index in [-0.39, 0.29) is 31.2 Å². The minimum atomic E-state index is -1.12. The van der Waals surface area contributed by atoms with Gasteiger partial charge in [-0.05, 0) is 12.1 Å². The molecule has 0 saturated carbocycles. The van der Waals surface area contributed by atoms with E-state index in [1.165, 1.54) is 11.9 Å². The van der Waals surface area contributed by atoms with Gasteiger partial charge < -0.3 is 20.2 Å². The SMILES string of the molecule is CN(CC(=O)O)C(=O)CCC(=O)N1CC(=O)Nc2ccccc21. The summed E-state index contributed by atoms with van der Waals surface area (Å²) in [4.78, 5) is 48.7. The van der Waals surface area contributed by atoms with Crippen molar-refractivity contribution in [2.24, 2.45) is 0 Å². The minimum absolute atomic E-state index is 0.0929. The Morgan fingerprint density at radius 2 is 1.96 bits per heavy atom. The molecule has 1 aliphatic rings. The third-order valence-electron chi connectivity index (χ3n) is 3.42. The standard InChI is InChI=1S/C15H17N3O5/c1-17(9-15(22)23)13(20)6-7-14(21)18-8-12(19)16-10-4-2-3-5-11(10)18/h2-5H,6-9H2,1H3,(H,16,19)(H,22,23). The molecular formula is C15H17N3O5. The van der Waals surface area contributed by atoms with Crippen LogP contribution in [-0.2, 0) is 19.2 Å². The monoisotopic (exact) mass is 319 g/mol. The highest BCUT2D eigenvalue weighted by molar-refractivity contribution is 6.10. The lowest BCUT2D eigenvalue weighted by Gasteiger charge is -2.29. The summed E-state index contributed by atoms with van der Waals surface area (Å²) >= 11 is 0. The van der Waals surface area contributed by atoms with Crippen LogP contribution in [0.15, 0.2) is 24.3 Å². The molecule has 1 aromatic rings. The number of hydrogen-bond acceptors (Lipinski definition) is 4. The van der Waals surface area contributed by atoms with Crippen molar-refractivity contribution in [2.45, 2.75) is 12.8 Å². The number of carboxylic acids is 1. The fourth-order valence-corrected chi connectivity index (χ4v) is 2.29. The summed E-state index contributed by atoms with van der Waals surface area (Å²) in [6.45, 7) is -0.517. The van der Waals surface area contributed by atoms with E-state index in [9.17, 15) is 19.2 Å². The first-order valence-electron chi connectivity index (χ1n) is 7.03. The number of aliphatic carboxylic acids is 1. The predicted molar refractivity (Wildman–Crippen MR) is 81.9 cm³/mol. The fraction of sp³-hybridized carbons (Fsp3) is 0.333. The molecule has 0 radical (unpaired) electrons. The van der Waals surface area contributed by atoms with E-state index in [0.29, 0.717) is 11.4 Å². The highest BCUT2D eigenvalue weighted by atomic mass is 16.4. The number of rotatable bonds is 5. The number of nitrogens with one attached hydrogen (secondary N) is 1. The molecule has 23 heavy (non-hydrogen) atoms. The van der Waals surface area contributed by atoms with E-state index in [2.05, 4.69) is 5.32 Å². The highest BCUT2D eigenvalue weighted by Gasteiger charge is 2.27. The molecule has 0 spiro atoms. The summed E-state index contributed by atoms with van der Waals surface area (Å²) in [7, 11) is 1.37. The van der Waals surface area contributed by atoms with Crippen molar-refractivity contribution in [2.75, 3.05) is 30.4 Å². The Balaban J connectivity index is 2.00. The molecule has 1 aliphatic heterocycles. The Bertz CT molecular complexity index is 658. The van der Waals surface area contributed by atoms with Gasteiger partial charge in [0, 0.05) is 19.9 Å². The molecule has 2 rings (SSSR count). The van der Waals surface area contributed by atoms with Gasteiger partial charge in [-0.1, -0.05) is 12.1 Å². The molecule has 0 unspecified atom stereocenters. The number of fused-ring (bicyclic) bond motifs is 1. The van der Waals surface area contributed by atoms with Crippen LogP contribution in [0.25, 0.3) is 0 Å². The lowest BCUT2D eigenvalue weighted by molar-refractivity contribution is -0.143. The first kappa shape index (κ1) is 16.5. The number of hydrogen-bond donors (Lipinski definition) is 2. The largest absolute Gasteiger partial charge is 0.480 e. The molecule has 8 nitrogen and oxygen atoms in total. The highest BCUT2D eigenvalue weighted by Crippen LogP contribution is 2.29. The number of benzene rings is 1. The summed E-state index contributed by atoms with van der Waals surface area (Å²) < 4.78 is 0. The van der Waals surface area contributed by atoms with Gasteiger partial charge >= 0.3 is 5.97 Å². The summed E-state index contributed by atoms with van der Waals surface area (Å²) in [6.07, 6.45) is -0.201. The van der Waals surface area contributed by atoms with Gasteiger partial charge in [0.2, 0.25) is 17.7 Å². The van der Waals surface area contributed by atoms with Crippen molar-refractivity contribution >= 4 is 35.1 Å². The summed E-state index contributed by atoms with van der Waals surface area (Å²) in [5.74, 6) is -2.21. The number of carbonyl (C=O) groups is 4. The topological polar surface area (TPSA) is 107 Å². The summed E-state index contributed by atoms with van der Waals surface area (Å²) in [5.41, 5.74) is 1.13. The molecular weight excluding hydrogens is 302 g/mol. The zero-order chi connectivity index (χ0) is 17.0. The Morgan fingerprint density at radius 3 is 2.65 bits per heavy atom. The van der Waals surface area contributed by atoms with E-state index in [1.54, 1.807) is 24.3 Å². The maximum Gasteiger partial charge on any atom is 0.323 e. The second-order valence-corrected chi connectivity index (χ2v) is 5.19. The molecule has 1 heterocycles. The van der Waals surface area contributed by atoms with Gasteiger partial charge in [-0.25, -0.2) is 0 Å². The first-order chi connectivity index (χ1) is 10.9. The molecule has 0 saturated heterocycles. The Labute approximate surface area is 132 Å². The van der Waals surface area contributed by atoms with Crippen molar-refractivity contribution in [3.8, 4) is 0 Å². The van der Waals surface area contributed by atoms with E-state index in [1.807, 2.05) is 0 Å². The minimum Gasteiger partial charge on any atom is -0.480 e. The van der Waals surface area contributed by atoms with Gasteiger partial charge in [0.25, 0.3) is 0 Å². The van der Waals surface area contributed by atoms with Gasteiger partial charge in [0.15, 0.2) is 0 Å². The number of anilines is 2. The average molecular weight is 319 g/mol. The Kier molecular flexibility index (Phi) is 4.95. The molecule has 0 bridgehead atoms. The summed E-state index contributed by atoms with van der Waals surface area (Å²) in [6, 6.07) is 6.91. The van der Waals surface area contributed by atoms with Crippen molar-refractivity contribution in [1.82, 2.24) is 4.90 Å². The van der Waals surface area contributed by atoms with Crippen LogP contribution < -0.4 is 10.2 Å². The normalized spacial score (nSPS) is 13.1. The van der Waals surface area contributed by atoms with Crippen LogP contribution in [0, 0.1) is 0 Å². The second kappa shape index (κ2) is 6.91. The Morgan fingerprint density at radius 1 is 1.26 bits per heavy atom. The lowest BCUT2D eigenvalue weighted by Crippen LogP contribution is -2.42. The van der Waals surface area contributed by atoms with Crippen molar-refractivity contribution in [3.05, 3.63) is 24.3 Å². The third-order valence-corrected chi connectivity index (χ3v) is 3.42. The fourth-order valence-electron chi connectivity index (χ4n) is 2.29. The molecule has 0 atom stereocenters. The molecule has 8 heteroatoms. The van der Waals surface area contributed by atoms with Crippen molar-refractivity contribution in [1.29, 1.82) is 0 Å². The number of carboxylic acid groups (broad SMARTS) is 1. The van der Waals surface area contributed by atoms with Gasteiger partial charge in [-0.3, -0.25) is 19.2 Å². The Hall–Kier alpha value is -2.90.